The molecule has 0 saturated carbocycles. The fourth-order valence-corrected chi connectivity index (χ4v) is 3.27. The van der Waals surface area contributed by atoms with Gasteiger partial charge in [0.1, 0.15) is 0 Å². The second-order valence-corrected chi connectivity index (χ2v) is 5.54. The molecular formula is C11H23Cl2N3OS. The first-order valence-corrected chi connectivity index (χ1v) is 7.29. The second-order valence-electron chi connectivity index (χ2n) is 4.51. The van der Waals surface area contributed by atoms with E-state index in [0.29, 0.717) is 6.04 Å². The quantitative estimate of drug-likeness (QED) is 0.818. The van der Waals surface area contributed by atoms with Crippen LogP contribution in [0.5, 0.6) is 0 Å². The third-order valence-corrected chi connectivity index (χ3v) is 4.27. The van der Waals surface area contributed by atoms with Gasteiger partial charge in [-0.15, -0.1) is 36.6 Å². The number of likely N-dealkylation sites (tertiary alicyclic amines) is 1. The summed E-state index contributed by atoms with van der Waals surface area (Å²) in [5.41, 5.74) is 0. The molecule has 2 N–H and O–H groups in total. The maximum Gasteiger partial charge on any atom is 0.238 e. The van der Waals surface area contributed by atoms with Crippen molar-refractivity contribution in [2.45, 2.75) is 31.8 Å². The topological polar surface area (TPSA) is 44.4 Å². The van der Waals surface area contributed by atoms with Gasteiger partial charge >= 0.3 is 0 Å². The van der Waals surface area contributed by atoms with Gasteiger partial charge in [-0.3, -0.25) is 10.1 Å². The predicted octanol–water partition coefficient (Wildman–Crippen LogP) is 1.09. The first-order valence-electron chi connectivity index (χ1n) is 6.13. The Labute approximate surface area is 126 Å². The zero-order valence-electron chi connectivity index (χ0n) is 10.7. The molecule has 0 aromatic heterocycles. The lowest BCUT2D eigenvalue weighted by atomic mass is 10.1. The molecule has 2 aliphatic rings. The lowest BCUT2D eigenvalue weighted by molar-refractivity contribution is -0.123. The Morgan fingerprint density at radius 1 is 1.50 bits per heavy atom. The van der Waals surface area contributed by atoms with Gasteiger partial charge in [0, 0.05) is 24.2 Å². The molecule has 0 bridgehead atoms. The molecule has 108 valence electrons. The smallest absolute Gasteiger partial charge is 0.238 e. The van der Waals surface area contributed by atoms with E-state index >= 15 is 0 Å². The number of halogens is 2. The summed E-state index contributed by atoms with van der Waals surface area (Å²) < 4.78 is 0. The third-order valence-electron chi connectivity index (χ3n) is 3.33. The normalized spacial score (nSPS) is 28.1. The lowest BCUT2D eigenvalue weighted by Gasteiger charge is -2.32. The molecule has 0 aromatic carbocycles. The summed E-state index contributed by atoms with van der Waals surface area (Å²) in [6.07, 6.45) is 2.33. The number of rotatable bonds is 3. The van der Waals surface area contributed by atoms with Crippen molar-refractivity contribution < 1.29 is 4.79 Å². The van der Waals surface area contributed by atoms with Gasteiger partial charge in [-0.05, 0) is 25.9 Å². The maximum absolute atomic E-state index is 11.9. The van der Waals surface area contributed by atoms with Crippen molar-refractivity contribution in [3.8, 4) is 0 Å². The first-order chi connectivity index (χ1) is 7.79. The summed E-state index contributed by atoms with van der Waals surface area (Å²) in [4.78, 5) is 14.3. The molecule has 7 heteroatoms. The number of carbonyl (C=O) groups is 1. The van der Waals surface area contributed by atoms with Gasteiger partial charge < -0.3 is 10.2 Å². The molecule has 2 unspecified atom stereocenters. The summed E-state index contributed by atoms with van der Waals surface area (Å²) in [5.74, 6) is 2.01. The third kappa shape index (κ3) is 5.13. The number of piperidine rings is 1. The van der Waals surface area contributed by atoms with Crippen molar-refractivity contribution >= 4 is 42.5 Å². The van der Waals surface area contributed by atoms with Crippen LogP contribution in [0.25, 0.3) is 0 Å². The largest absolute Gasteiger partial charge is 0.351 e. The van der Waals surface area contributed by atoms with E-state index < -0.39 is 0 Å². The molecule has 0 aliphatic carbocycles. The summed E-state index contributed by atoms with van der Waals surface area (Å²) >= 11 is 1.80. The number of nitrogens with one attached hydrogen (secondary N) is 2. The number of hydrogen-bond acceptors (Lipinski definition) is 4. The van der Waals surface area contributed by atoms with Gasteiger partial charge in [-0.25, -0.2) is 0 Å². The van der Waals surface area contributed by atoms with Crippen molar-refractivity contribution in [3.05, 3.63) is 0 Å². The number of nitrogens with zero attached hydrogens (tertiary/aromatic N) is 1. The molecule has 2 saturated heterocycles. The highest BCUT2D eigenvalue weighted by Crippen LogP contribution is 2.12. The van der Waals surface area contributed by atoms with E-state index in [-0.39, 0.29) is 36.8 Å². The average molecular weight is 316 g/mol. The van der Waals surface area contributed by atoms with Crippen molar-refractivity contribution in [1.82, 2.24) is 15.5 Å². The Morgan fingerprint density at radius 3 is 2.89 bits per heavy atom. The highest BCUT2D eigenvalue weighted by molar-refractivity contribution is 7.99. The summed E-state index contributed by atoms with van der Waals surface area (Å²) in [7, 11) is 0. The molecule has 4 nitrogen and oxygen atoms in total. The molecule has 0 spiro atoms. The molecule has 0 aromatic rings. The van der Waals surface area contributed by atoms with Gasteiger partial charge in [-0.1, -0.05) is 6.92 Å². The van der Waals surface area contributed by atoms with E-state index in [4.69, 9.17) is 0 Å². The zero-order chi connectivity index (χ0) is 11.4. The molecular weight excluding hydrogens is 293 g/mol. The maximum atomic E-state index is 11.9. The Hall–Kier alpha value is 0.320. The average Bonchev–Trinajstić information content (AvgIpc) is 2.83. The predicted molar refractivity (Wildman–Crippen MR) is 82.0 cm³/mol. The summed E-state index contributed by atoms with van der Waals surface area (Å²) in [5, 5.41) is 6.38. The first kappa shape index (κ1) is 18.3. The minimum Gasteiger partial charge on any atom is -0.351 e. The minimum atomic E-state index is 0. The van der Waals surface area contributed by atoms with Gasteiger partial charge in [0.15, 0.2) is 0 Å². The SMILES string of the molecule is CCN1CCCC(NC(=O)C2CSCN2)C1.Cl.Cl. The van der Waals surface area contributed by atoms with E-state index in [1.54, 1.807) is 11.8 Å². The standard InChI is InChI=1S/C11H21N3OS.2ClH/c1-2-14-5-3-4-9(6-14)13-11(15)10-7-16-8-12-10;;/h9-10,12H,2-8H2,1H3,(H,13,15);2*1H. The Balaban J connectivity index is 0.00000144. The monoisotopic (exact) mass is 315 g/mol. The van der Waals surface area contributed by atoms with Gasteiger partial charge in [0.25, 0.3) is 0 Å². The lowest BCUT2D eigenvalue weighted by Crippen LogP contribution is -2.52. The van der Waals surface area contributed by atoms with Crippen molar-refractivity contribution in [2.75, 3.05) is 31.3 Å². The van der Waals surface area contributed by atoms with E-state index in [2.05, 4.69) is 22.5 Å². The van der Waals surface area contributed by atoms with Crippen LogP contribution in [0.15, 0.2) is 0 Å². The van der Waals surface area contributed by atoms with Crippen molar-refractivity contribution in [2.24, 2.45) is 0 Å². The number of amides is 1. The van der Waals surface area contributed by atoms with Crippen LogP contribution in [0, 0.1) is 0 Å². The molecule has 2 aliphatic heterocycles. The summed E-state index contributed by atoms with van der Waals surface area (Å²) in [6, 6.07) is 0.385. The fourth-order valence-electron chi connectivity index (χ4n) is 2.33. The van der Waals surface area contributed by atoms with E-state index in [0.717, 1.165) is 31.1 Å². The Kier molecular flexibility index (Phi) is 9.42. The van der Waals surface area contributed by atoms with Crippen LogP contribution in [-0.2, 0) is 4.79 Å². The van der Waals surface area contributed by atoms with Crippen LogP contribution >= 0.6 is 36.6 Å². The van der Waals surface area contributed by atoms with E-state index in [1.165, 1.54) is 13.0 Å². The van der Waals surface area contributed by atoms with Crippen LogP contribution in [0.1, 0.15) is 19.8 Å². The number of thioether (sulfide) groups is 1. The van der Waals surface area contributed by atoms with Crippen molar-refractivity contribution in [1.29, 1.82) is 0 Å². The minimum absolute atomic E-state index is 0. The van der Waals surface area contributed by atoms with E-state index in [9.17, 15) is 4.79 Å². The van der Waals surface area contributed by atoms with Gasteiger partial charge in [-0.2, -0.15) is 0 Å². The molecule has 1 amide bonds. The van der Waals surface area contributed by atoms with Crippen LogP contribution in [0.3, 0.4) is 0 Å². The van der Waals surface area contributed by atoms with Crippen LogP contribution in [0.2, 0.25) is 0 Å². The summed E-state index contributed by atoms with van der Waals surface area (Å²) in [6.45, 7) is 5.46. The van der Waals surface area contributed by atoms with Crippen LogP contribution < -0.4 is 10.6 Å². The number of likely N-dealkylation sites (N-methyl/N-ethyl adjacent to an activating group) is 1. The van der Waals surface area contributed by atoms with Crippen molar-refractivity contribution in [3.63, 3.8) is 0 Å². The van der Waals surface area contributed by atoms with Gasteiger partial charge in [0.05, 0.1) is 6.04 Å². The van der Waals surface area contributed by atoms with Gasteiger partial charge in [0.2, 0.25) is 5.91 Å². The highest BCUT2D eigenvalue weighted by atomic mass is 35.5. The fraction of sp³-hybridized carbons (Fsp3) is 0.909. The molecule has 2 fully saturated rings. The zero-order valence-corrected chi connectivity index (χ0v) is 13.1. The Morgan fingerprint density at radius 2 is 2.28 bits per heavy atom. The Bertz CT molecular complexity index is 252. The van der Waals surface area contributed by atoms with Crippen LogP contribution in [0.4, 0.5) is 0 Å². The molecule has 2 atom stereocenters. The van der Waals surface area contributed by atoms with E-state index in [1.807, 2.05) is 0 Å². The molecule has 18 heavy (non-hydrogen) atoms. The molecule has 2 heterocycles. The second kappa shape index (κ2) is 9.26. The molecule has 0 radical (unpaired) electrons. The highest BCUT2D eigenvalue weighted by Gasteiger charge is 2.26. The van der Waals surface area contributed by atoms with Crippen LogP contribution in [-0.4, -0.2) is 54.2 Å². The number of carbonyl (C=O) groups excluding carboxylic acids is 1. The molecule has 2 rings (SSSR count). The number of hydrogen-bond donors (Lipinski definition) is 2.